The van der Waals surface area contributed by atoms with Gasteiger partial charge in [0.2, 0.25) is 0 Å². The number of halogens is 3. The van der Waals surface area contributed by atoms with Gasteiger partial charge in [0.1, 0.15) is 0 Å². The second-order valence-electron chi connectivity index (χ2n) is 6.64. The number of aromatic nitrogens is 1. The molecule has 3 aromatic carbocycles. The number of para-hydroxylation sites is 1. The Morgan fingerprint density at radius 3 is 2.63 bits per heavy atom. The first-order valence-corrected chi connectivity index (χ1v) is 10.7. The van der Waals surface area contributed by atoms with Crippen molar-refractivity contribution in [2.24, 2.45) is 5.10 Å². The molecule has 4 aromatic rings. The van der Waals surface area contributed by atoms with Crippen LogP contribution in [0.4, 0.5) is 0 Å². The van der Waals surface area contributed by atoms with Gasteiger partial charge in [-0.2, -0.15) is 5.10 Å². The number of amides is 1. The minimum atomic E-state index is -0.282. The van der Waals surface area contributed by atoms with Gasteiger partial charge in [-0.1, -0.05) is 59.6 Å². The van der Waals surface area contributed by atoms with Crippen LogP contribution in [0.15, 0.2) is 82.5 Å². The molecule has 0 atom stereocenters. The van der Waals surface area contributed by atoms with Crippen molar-refractivity contribution in [2.45, 2.75) is 6.54 Å². The van der Waals surface area contributed by atoms with Crippen molar-refractivity contribution in [1.29, 1.82) is 0 Å². The van der Waals surface area contributed by atoms with E-state index in [1.165, 1.54) is 0 Å². The Morgan fingerprint density at radius 2 is 1.83 bits per heavy atom. The normalized spacial score (nSPS) is 11.3. The highest BCUT2D eigenvalue weighted by molar-refractivity contribution is 9.10. The number of hydrazone groups is 1. The molecule has 0 fully saturated rings. The highest BCUT2D eigenvalue weighted by Gasteiger charge is 2.10. The SMILES string of the molecule is O=C(N/N=C/c1cn(Cc2ccc(Cl)cc2Cl)c2ccccc12)c1ccccc1Br. The molecule has 1 aromatic heterocycles. The van der Waals surface area contributed by atoms with Gasteiger partial charge in [0, 0.05) is 43.7 Å². The molecule has 0 saturated heterocycles. The number of nitrogens with one attached hydrogen (secondary N) is 1. The molecule has 1 heterocycles. The molecule has 0 radical (unpaired) electrons. The van der Waals surface area contributed by atoms with E-state index in [1.54, 1.807) is 24.4 Å². The summed E-state index contributed by atoms with van der Waals surface area (Å²) in [6.07, 6.45) is 3.64. The average molecular weight is 501 g/mol. The van der Waals surface area contributed by atoms with E-state index in [-0.39, 0.29) is 5.91 Å². The van der Waals surface area contributed by atoms with Crippen molar-refractivity contribution >= 4 is 62.2 Å². The summed E-state index contributed by atoms with van der Waals surface area (Å²) < 4.78 is 2.82. The Kier molecular flexibility index (Phi) is 6.23. The fourth-order valence-electron chi connectivity index (χ4n) is 3.21. The summed E-state index contributed by atoms with van der Waals surface area (Å²) in [7, 11) is 0. The number of fused-ring (bicyclic) bond motifs is 1. The molecule has 4 rings (SSSR count). The molecule has 0 saturated carbocycles. The van der Waals surface area contributed by atoms with Gasteiger partial charge in [-0.25, -0.2) is 5.43 Å². The molecule has 30 heavy (non-hydrogen) atoms. The molecule has 150 valence electrons. The van der Waals surface area contributed by atoms with Crippen molar-refractivity contribution < 1.29 is 4.79 Å². The molecule has 0 spiro atoms. The molecular weight excluding hydrogens is 485 g/mol. The van der Waals surface area contributed by atoms with Crippen molar-refractivity contribution in [3.8, 4) is 0 Å². The third kappa shape index (κ3) is 4.43. The first kappa shape index (κ1) is 20.7. The number of nitrogens with zero attached hydrogens (tertiary/aromatic N) is 2. The summed E-state index contributed by atoms with van der Waals surface area (Å²) in [5.41, 5.74) is 6.01. The highest BCUT2D eigenvalue weighted by atomic mass is 79.9. The number of carbonyl (C=O) groups excluding carboxylic acids is 1. The molecule has 0 bridgehead atoms. The van der Waals surface area contributed by atoms with E-state index in [0.717, 1.165) is 22.0 Å². The van der Waals surface area contributed by atoms with Gasteiger partial charge in [-0.15, -0.1) is 0 Å². The van der Waals surface area contributed by atoms with Crippen molar-refractivity contribution in [2.75, 3.05) is 0 Å². The van der Waals surface area contributed by atoms with Crippen molar-refractivity contribution in [3.63, 3.8) is 0 Å². The Balaban J connectivity index is 1.60. The van der Waals surface area contributed by atoms with Gasteiger partial charge in [0.05, 0.1) is 11.8 Å². The molecule has 7 heteroatoms. The van der Waals surface area contributed by atoms with E-state index in [0.29, 0.717) is 26.6 Å². The fourth-order valence-corrected chi connectivity index (χ4v) is 4.14. The number of carbonyl (C=O) groups is 1. The third-order valence-electron chi connectivity index (χ3n) is 4.66. The summed E-state index contributed by atoms with van der Waals surface area (Å²) in [5.74, 6) is -0.282. The molecule has 4 nitrogen and oxygen atoms in total. The maximum absolute atomic E-state index is 12.3. The monoisotopic (exact) mass is 499 g/mol. The second kappa shape index (κ2) is 9.04. The maximum atomic E-state index is 12.3. The second-order valence-corrected chi connectivity index (χ2v) is 8.34. The Hall–Kier alpha value is -2.60. The van der Waals surface area contributed by atoms with Crippen LogP contribution in [0.25, 0.3) is 10.9 Å². The summed E-state index contributed by atoms with van der Waals surface area (Å²) in [6, 6.07) is 20.7. The average Bonchev–Trinajstić information content (AvgIpc) is 3.08. The van der Waals surface area contributed by atoms with Crippen LogP contribution in [0.1, 0.15) is 21.5 Å². The van der Waals surface area contributed by atoms with Crippen LogP contribution in [0.3, 0.4) is 0 Å². The lowest BCUT2D eigenvalue weighted by Gasteiger charge is -2.08. The first-order chi connectivity index (χ1) is 14.5. The molecule has 0 aliphatic rings. The minimum absolute atomic E-state index is 0.282. The standard InChI is InChI=1S/C23H16BrCl2N3O/c24-20-7-3-1-6-19(20)23(30)28-27-12-16-14-29(22-8-4-2-5-18(16)22)13-15-9-10-17(25)11-21(15)26/h1-12,14H,13H2,(H,28,30)/b27-12+. The van der Waals surface area contributed by atoms with Crippen molar-refractivity contribution in [3.05, 3.63) is 104 Å². The quantitative estimate of drug-likeness (QED) is 0.246. The molecular formula is C23H16BrCl2N3O. The molecule has 0 aliphatic carbocycles. The van der Waals surface area contributed by atoms with Crippen LogP contribution in [-0.4, -0.2) is 16.7 Å². The van der Waals surface area contributed by atoms with Crippen LogP contribution < -0.4 is 5.43 Å². The lowest BCUT2D eigenvalue weighted by Crippen LogP contribution is -2.18. The zero-order valence-corrected chi connectivity index (χ0v) is 18.7. The molecule has 0 aliphatic heterocycles. The highest BCUT2D eigenvalue weighted by Crippen LogP contribution is 2.25. The predicted molar refractivity (Wildman–Crippen MR) is 127 cm³/mol. The summed E-state index contributed by atoms with van der Waals surface area (Å²) in [5, 5.41) is 6.41. The van der Waals surface area contributed by atoms with Crippen LogP contribution >= 0.6 is 39.1 Å². The van der Waals surface area contributed by atoms with Crippen LogP contribution in [0.5, 0.6) is 0 Å². The van der Waals surface area contributed by atoms with E-state index in [2.05, 4.69) is 31.0 Å². The van der Waals surface area contributed by atoms with E-state index >= 15 is 0 Å². The van der Waals surface area contributed by atoms with E-state index in [9.17, 15) is 4.79 Å². The summed E-state index contributed by atoms with van der Waals surface area (Å²) in [6.45, 7) is 0.591. The lowest BCUT2D eigenvalue weighted by molar-refractivity contribution is 0.0954. The maximum Gasteiger partial charge on any atom is 0.272 e. The van der Waals surface area contributed by atoms with E-state index < -0.39 is 0 Å². The summed E-state index contributed by atoms with van der Waals surface area (Å²) in [4.78, 5) is 12.3. The zero-order valence-electron chi connectivity index (χ0n) is 15.6. The Labute approximate surface area is 192 Å². The van der Waals surface area contributed by atoms with Crippen LogP contribution in [0, 0.1) is 0 Å². The zero-order chi connectivity index (χ0) is 21.1. The minimum Gasteiger partial charge on any atom is -0.342 e. The first-order valence-electron chi connectivity index (χ1n) is 9.12. The van der Waals surface area contributed by atoms with Gasteiger partial charge in [-0.3, -0.25) is 4.79 Å². The van der Waals surface area contributed by atoms with Crippen LogP contribution in [0.2, 0.25) is 10.0 Å². The fraction of sp³-hybridized carbons (Fsp3) is 0.0435. The van der Waals surface area contributed by atoms with Gasteiger partial charge >= 0.3 is 0 Å². The molecule has 1 N–H and O–H groups in total. The Morgan fingerprint density at radius 1 is 1.07 bits per heavy atom. The molecule has 1 amide bonds. The number of rotatable bonds is 5. The van der Waals surface area contributed by atoms with Gasteiger partial charge in [0.25, 0.3) is 5.91 Å². The van der Waals surface area contributed by atoms with E-state index in [4.69, 9.17) is 23.2 Å². The van der Waals surface area contributed by atoms with E-state index in [1.807, 2.05) is 54.7 Å². The van der Waals surface area contributed by atoms with Crippen LogP contribution in [-0.2, 0) is 6.54 Å². The Bertz CT molecular complexity index is 1270. The van der Waals surface area contributed by atoms with Gasteiger partial charge in [0.15, 0.2) is 0 Å². The topological polar surface area (TPSA) is 46.4 Å². The largest absolute Gasteiger partial charge is 0.342 e. The molecule has 0 unspecified atom stereocenters. The number of hydrogen-bond acceptors (Lipinski definition) is 2. The van der Waals surface area contributed by atoms with Crippen molar-refractivity contribution in [1.82, 2.24) is 9.99 Å². The number of hydrogen-bond donors (Lipinski definition) is 1. The van der Waals surface area contributed by atoms with Gasteiger partial charge < -0.3 is 4.57 Å². The third-order valence-corrected chi connectivity index (χ3v) is 5.94. The lowest BCUT2D eigenvalue weighted by atomic mass is 10.2. The number of benzene rings is 3. The van der Waals surface area contributed by atoms with Gasteiger partial charge in [-0.05, 0) is 51.8 Å². The smallest absolute Gasteiger partial charge is 0.272 e. The summed E-state index contributed by atoms with van der Waals surface area (Å²) >= 11 is 15.7. The predicted octanol–water partition coefficient (Wildman–Crippen LogP) is 6.52.